The number of ether oxygens (including phenoxy) is 7. The van der Waals surface area contributed by atoms with Crippen LogP contribution in [0.1, 0.15) is 27.7 Å². The maximum absolute atomic E-state index is 11.9. The van der Waals surface area contributed by atoms with Crippen LogP contribution < -0.4 is 0 Å². The van der Waals surface area contributed by atoms with E-state index < -0.39 is 91.9 Å². The Morgan fingerprint density at radius 1 is 0.886 bits per heavy atom. The molecule has 0 saturated carbocycles. The molecule has 0 aliphatic carbocycles. The standard InChI is InChI=1S/C20H30O15/c1-8(22)31-14(12(26)5-21)16(32-9(2)23)17(33-10(3)24)19(34-11(4)25)35-20(28)7-30-15-13(27)6-29-18(15)20/h12-19,21,26-28H,5-7H2,1-4H3/t12-,13-,14+,15-,16-,17+,18+,19?,20+/m1/s1. The maximum Gasteiger partial charge on any atom is 0.305 e. The van der Waals surface area contributed by atoms with Crippen molar-refractivity contribution in [1.82, 2.24) is 0 Å². The summed E-state index contributed by atoms with van der Waals surface area (Å²) < 4.78 is 36.6. The maximum atomic E-state index is 11.9. The summed E-state index contributed by atoms with van der Waals surface area (Å²) in [5.41, 5.74) is 0. The monoisotopic (exact) mass is 510 g/mol. The molecule has 0 spiro atoms. The second-order valence-electron chi connectivity index (χ2n) is 8.01. The lowest BCUT2D eigenvalue weighted by molar-refractivity contribution is -0.334. The van der Waals surface area contributed by atoms with Gasteiger partial charge in [0.1, 0.15) is 31.0 Å². The van der Waals surface area contributed by atoms with Crippen molar-refractivity contribution >= 4 is 23.9 Å². The van der Waals surface area contributed by atoms with E-state index in [0.717, 1.165) is 27.7 Å². The fraction of sp³-hybridized carbons (Fsp3) is 0.800. The molecule has 2 aliphatic heterocycles. The van der Waals surface area contributed by atoms with E-state index in [1.54, 1.807) is 0 Å². The van der Waals surface area contributed by atoms with Crippen LogP contribution in [0.4, 0.5) is 0 Å². The SMILES string of the molecule is CC(=O)OC(O[C@@]1(O)CO[C@@H]2[C@H](O)CO[C@@H]21)[C@@H](OC(C)=O)[C@H](OC(C)=O)[C@@H](OC(C)=O)[C@H](O)CO. The van der Waals surface area contributed by atoms with Crippen molar-refractivity contribution in [2.75, 3.05) is 19.8 Å². The second kappa shape index (κ2) is 12.0. The van der Waals surface area contributed by atoms with Gasteiger partial charge in [-0.2, -0.15) is 0 Å². The van der Waals surface area contributed by atoms with E-state index in [1.165, 1.54) is 0 Å². The molecule has 15 nitrogen and oxygen atoms in total. The zero-order valence-electron chi connectivity index (χ0n) is 19.5. The third-order valence-corrected chi connectivity index (χ3v) is 5.04. The molecule has 0 bridgehead atoms. The highest BCUT2D eigenvalue weighted by Crippen LogP contribution is 2.37. The molecule has 4 N–H and O–H groups in total. The molecule has 2 saturated heterocycles. The van der Waals surface area contributed by atoms with Crippen molar-refractivity contribution in [3.05, 3.63) is 0 Å². The first-order chi connectivity index (χ1) is 16.3. The summed E-state index contributed by atoms with van der Waals surface area (Å²) in [6.45, 7) is 2.09. The molecule has 0 aromatic carbocycles. The van der Waals surface area contributed by atoms with E-state index in [4.69, 9.17) is 33.2 Å². The van der Waals surface area contributed by atoms with Gasteiger partial charge in [0.2, 0.25) is 18.2 Å². The van der Waals surface area contributed by atoms with Crippen molar-refractivity contribution in [1.29, 1.82) is 0 Å². The van der Waals surface area contributed by atoms with Crippen LogP contribution in [0.5, 0.6) is 0 Å². The molecule has 200 valence electrons. The Labute approximate surface area is 199 Å². The van der Waals surface area contributed by atoms with Gasteiger partial charge < -0.3 is 53.6 Å². The minimum atomic E-state index is -2.34. The van der Waals surface area contributed by atoms with E-state index in [2.05, 4.69) is 0 Å². The molecule has 2 fully saturated rings. The molecule has 2 heterocycles. The number of carbonyl (C=O) groups is 4. The smallest absolute Gasteiger partial charge is 0.305 e. The minimum Gasteiger partial charge on any atom is -0.456 e. The molecule has 2 rings (SSSR count). The summed E-state index contributed by atoms with van der Waals surface area (Å²) >= 11 is 0. The van der Waals surface area contributed by atoms with E-state index in [9.17, 15) is 39.6 Å². The van der Waals surface area contributed by atoms with Crippen molar-refractivity contribution in [3.63, 3.8) is 0 Å². The number of hydrogen-bond donors (Lipinski definition) is 4. The van der Waals surface area contributed by atoms with Gasteiger partial charge in [-0.15, -0.1) is 0 Å². The lowest BCUT2D eigenvalue weighted by atomic mass is 10.0. The van der Waals surface area contributed by atoms with E-state index >= 15 is 0 Å². The number of hydrogen-bond acceptors (Lipinski definition) is 15. The molecule has 35 heavy (non-hydrogen) atoms. The topological polar surface area (TPSA) is 214 Å². The number of rotatable bonds is 11. The fourth-order valence-corrected chi connectivity index (χ4v) is 3.74. The Hall–Kier alpha value is -2.40. The number of carbonyl (C=O) groups excluding carboxylic acids is 4. The Balaban J connectivity index is 2.51. The van der Waals surface area contributed by atoms with E-state index in [0.29, 0.717) is 0 Å². The van der Waals surface area contributed by atoms with Gasteiger partial charge in [0, 0.05) is 27.7 Å². The summed E-state index contributed by atoms with van der Waals surface area (Å²) in [5.74, 6) is -6.31. The molecule has 0 aromatic rings. The average Bonchev–Trinajstić information content (AvgIpc) is 3.27. The first-order valence-corrected chi connectivity index (χ1v) is 10.6. The minimum absolute atomic E-state index is 0.195. The van der Waals surface area contributed by atoms with Crippen LogP contribution in [0.3, 0.4) is 0 Å². The van der Waals surface area contributed by atoms with Crippen LogP contribution in [0.25, 0.3) is 0 Å². The zero-order chi connectivity index (χ0) is 26.5. The largest absolute Gasteiger partial charge is 0.456 e. The van der Waals surface area contributed by atoms with Crippen LogP contribution in [0, 0.1) is 0 Å². The Kier molecular flexibility index (Phi) is 9.91. The molecule has 15 heteroatoms. The van der Waals surface area contributed by atoms with Gasteiger partial charge in [-0.3, -0.25) is 19.2 Å². The number of aliphatic hydroxyl groups is 4. The van der Waals surface area contributed by atoms with E-state index in [-0.39, 0.29) is 6.61 Å². The average molecular weight is 510 g/mol. The Bertz CT molecular complexity index is 786. The zero-order valence-corrected chi connectivity index (χ0v) is 19.5. The van der Waals surface area contributed by atoms with Gasteiger partial charge in [0.25, 0.3) is 0 Å². The van der Waals surface area contributed by atoms with Crippen LogP contribution in [0.2, 0.25) is 0 Å². The molecule has 1 unspecified atom stereocenters. The van der Waals surface area contributed by atoms with Gasteiger partial charge >= 0.3 is 23.9 Å². The lowest BCUT2D eigenvalue weighted by Crippen LogP contribution is -2.59. The highest BCUT2D eigenvalue weighted by Gasteiger charge is 2.60. The summed E-state index contributed by atoms with van der Waals surface area (Å²) in [6.07, 6.45) is -12.9. The predicted octanol–water partition coefficient (Wildman–Crippen LogP) is -3.11. The molecule has 9 atom stereocenters. The van der Waals surface area contributed by atoms with Crippen molar-refractivity contribution < 1.29 is 72.8 Å². The van der Waals surface area contributed by atoms with Gasteiger partial charge in [-0.1, -0.05) is 0 Å². The third-order valence-electron chi connectivity index (χ3n) is 5.04. The van der Waals surface area contributed by atoms with Crippen LogP contribution in [0.15, 0.2) is 0 Å². The van der Waals surface area contributed by atoms with E-state index in [1.807, 2.05) is 0 Å². The van der Waals surface area contributed by atoms with Gasteiger partial charge in [0.05, 0.1) is 13.2 Å². The summed E-state index contributed by atoms with van der Waals surface area (Å²) in [5, 5.41) is 40.7. The first kappa shape index (κ1) is 28.8. The summed E-state index contributed by atoms with van der Waals surface area (Å²) in [4.78, 5) is 47.4. The first-order valence-electron chi connectivity index (χ1n) is 10.6. The molecule has 2 aliphatic rings. The third kappa shape index (κ3) is 7.30. The number of aliphatic hydroxyl groups excluding tert-OH is 3. The summed E-state index contributed by atoms with van der Waals surface area (Å²) in [6, 6.07) is 0. The molecular formula is C20H30O15. The molecular weight excluding hydrogens is 480 g/mol. The number of esters is 4. The van der Waals surface area contributed by atoms with Gasteiger partial charge in [-0.05, 0) is 0 Å². The molecule has 0 amide bonds. The Morgan fingerprint density at radius 3 is 1.91 bits per heavy atom. The van der Waals surface area contributed by atoms with Crippen molar-refractivity contribution in [2.45, 2.75) is 82.5 Å². The van der Waals surface area contributed by atoms with Gasteiger partial charge in [0.15, 0.2) is 12.2 Å². The normalized spacial score (nSPS) is 29.8. The Morgan fingerprint density at radius 2 is 1.40 bits per heavy atom. The molecule has 0 aromatic heterocycles. The van der Waals surface area contributed by atoms with Crippen LogP contribution in [-0.4, -0.2) is 119 Å². The van der Waals surface area contributed by atoms with Crippen LogP contribution in [-0.2, 0) is 52.3 Å². The van der Waals surface area contributed by atoms with Crippen LogP contribution >= 0.6 is 0 Å². The number of fused-ring (bicyclic) bond motifs is 1. The fourth-order valence-electron chi connectivity index (χ4n) is 3.74. The second-order valence-corrected chi connectivity index (χ2v) is 8.01. The molecule has 0 radical (unpaired) electrons. The highest BCUT2D eigenvalue weighted by molar-refractivity contribution is 5.69. The summed E-state index contributed by atoms with van der Waals surface area (Å²) in [7, 11) is 0. The highest BCUT2D eigenvalue weighted by atomic mass is 16.8. The van der Waals surface area contributed by atoms with Crippen molar-refractivity contribution in [2.24, 2.45) is 0 Å². The quantitative estimate of drug-likeness (QED) is 0.123. The predicted molar refractivity (Wildman–Crippen MR) is 107 cm³/mol. The van der Waals surface area contributed by atoms with Crippen molar-refractivity contribution in [3.8, 4) is 0 Å². The van der Waals surface area contributed by atoms with Gasteiger partial charge in [-0.25, -0.2) is 0 Å². The lowest BCUT2D eigenvalue weighted by Gasteiger charge is -2.39.